The van der Waals surface area contributed by atoms with Gasteiger partial charge in [0.1, 0.15) is 5.58 Å². The van der Waals surface area contributed by atoms with Crippen LogP contribution in [0.4, 0.5) is 0 Å². The third-order valence-corrected chi connectivity index (χ3v) is 3.03. The van der Waals surface area contributed by atoms with Gasteiger partial charge in [-0.3, -0.25) is 4.79 Å². The maximum absolute atomic E-state index is 10.6. The monoisotopic (exact) mass is 238 g/mol. The molecule has 0 aliphatic carbocycles. The molecule has 0 bridgehead atoms. The predicted molar refractivity (Wildman–Crippen MR) is 61.9 cm³/mol. The standard InChI is InChI=1S/C12H11ClO3/c1-7(6-11(14)15)8-2-3-10-9(12(8)13)4-5-16-10/h2-5,7H,6H2,1H3,(H,14,15). The maximum Gasteiger partial charge on any atom is 0.303 e. The molecule has 1 unspecified atom stereocenters. The van der Waals surface area contributed by atoms with Crippen LogP contribution in [0.3, 0.4) is 0 Å². The molecule has 1 aromatic heterocycles. The molecule has 84 valence electrons. The zero-order valence-electron chi connectivity index (χ0n) is 8.74. The first-order valence-electron chi connectivity index (χ1n) is 4.97. The molecule has 4 heteroatoms. The van der Waals surface area contributed by atoms with Crippen LogP contribution in [0.2, 0.25) is 5.02 Å². The van der Waals surface area contributed by atoms with Gasteiger partial charge in [0.25, 0.3) is 0 Å². The molecule has 0 aliphatic heterocycles. The van der Waals surface area contributed by atoms with Gasteiger partial charge < -0.3 is 9.52 Å². The summed E-state index contributed by atoms with van der Waals surface area (Å²) in [4.78, 5) is 10.6. The Kier molecular flexibility index (Phi) is 2.88. The van der Waals surface area contributed by atoms with Gasteiger partial charge in [-0.15, -0.1) is 0 Å². The Morgan fingerprint density at radius 3 is 2.94 bits per heavy atom. The number of furan rings is 1. The Morgan fingerprint density at radius 1 is 1.50 bits per heavy atom. The molecule has 2 rings (SSSR count). The van der Waals surface area contributed by atoms with Gasteiger partial charge in [-0.1, -0.05) is 24.6 Å². The minimum absolute atomic E-state index is 0.0725. The molecule has 16 heavy (non-hydrogen) atoms. The fourth-order valence-corrected chi connectivity index (χ4v) is 2.18. The molecule has 1 aromatic carbocycles. The van der Waals surface area contributed by atoms with Crippen LogP contribution in [0, 0.1) is 0 Å². The second-order valence-electron chi connectivity index (χ2n) is 3.80. The first kappa shape index (κ1) is 11.0. The van der Waals surface area contributed by atoms with E-state index in [1.807, 2.05) is 19.1 Å². The smallest absolute Gasteiger partial charge is 0.303 e. The molecule has 0 aliphatic rings. The summed E-state index contributed by atoms with van der Waals surface area (Å²) in [5, 5.41) is 10.2. The van der Waals surface area contributed by atoms with E-state index >= 15 is 0 Å². The number of halogens is 1. The van der Waals surface area contributed by atoms with E-state index in [-0.39, 0.29) is 12.3 Å². The first-order valence-corrected chi connectivity index (χ1v) is 5.35. The molecule has 2 aromatic rings. The Balaban J connectivity index is 2.44. The van der Waals surface area contributed by atoms with E-state index in [0.29, 0.717) is 5.02 Å². The molecule has 1 N–H and O–H groups in total. The average molecular weight is 239 g/mol. The first-order chi connectivity index (χ1) is 7.59. The molecule has 3 nitrogen and oxygen atoms in total. The van der Waals surface area contributed by atoms with Crippen molar-refractivity contribution in [1.29, 1.82) is 0 Å². The lowest BCUT2D eigenvalue weighted by molar-refractivity contribution is -0.137. The molecule has 0 amide bonds. The SMILES string of the molecule is CC(CC(=O)O)c1ccc2occc2c1Cl. The summed E-state index contributed by atoms with van der Waals surface area (Å²) in [6.07, 6.45) is 1.64. The third-order valence-electron chi connectivity index (χ3n) is 2.61. The number of benzene rings is 1. The van der Waals surface area contributed by atoms with E-state index < -0.39 is 5.97 Å². The molecule has 0 spiro atoms. The van der Waals surface area contributed by atoms with Crippen molar-refractivity contribution in [2.75, 3.05) is 0 Å². The third kappa shape index (κ3) is 1.91. The number of carboxylic acid groups (broad SMARTS) is 1. The highest BCUT2D eigenvalue weighted by Crippen LogP contribution is 2.33. The van der Waals surface area contributed by atoms with Crippen molar-refractivity contribution in [3.8, 4) is 0 Å². The van der Waals surface area contributed by atoms with E-state index in [0.717, 1.165) is 16.5 Å². The van der Waals surface area contributed by atoms with Crippen molar-refractivity contribution < 1.29 is 14.3 Å². The molecule has 0 fully saturated rings. The topological polar surface area (TPSA) is 50.4 Å². The lowest BCUT2D eigenvalue weighted by Crippen LogP contribution is -2.03. The van der Waals surface area contributed by atoms with Crippen molar-refractivity contribution in [2.24, 2.45) is 0 Å². The summed E-state index contributed by atoms with van der Waals surface area (Å²) in [6.45, 7) is 1.85. The van der Waals surface area contributed by atoms with Crippen molar-refractivity contribution in [2.45, 2.75) is 19.3 Å². The number of rotatable bonds is 3. The second-order valence-corrected chi connectivity index (χ2v) is 4.18. The van der Waals surface area contributed by atoms with Crippen LogP contribution in [-0.2, 0) is 4.79 Å². The van der Waals surface area contributed by atoms with Crippen LogP contribution in [0.25, 0.3) is 11.0 Å². The number of hydrogen-bond donors (Lipinski definition) is 1. The maximum atomic E-state index is 10.6. The fourth-order valence-electron chi connectivity index (χ4n) is 1.78. The van der Waals surface area contributed by atoms with Gasteiger partial charge in [0, 0.05) is 5.39 Å². The average Bonchev–Trinajstić information content (AvgIpc) is 2.65. The Morgan fingerprint density at radius 2 is 2.25 bits per heavy atom. The normalized spacial score (nSPS) is 12.9. The van der Waals surface area contributed by atoms with Crippen molar-refractivity contribution in [1.82, 2.24) is 0 Å². The number of hydrogen-bond acceptors (Lipinski definition) is 2. The van der Waals surface area contributed by atoms with Crippen molar-refractivity contribution in [3.63, 3.8) is 0 Å². The zero-order chi connectivity index (χ0) is 11.7. The lowest BCUT2D eigenvalue weighted by Gasteiger charge is -2.11. The predicted octanol–water partition coefficient (Wildman–Crippen LogP) is 3.66. The minimum atomic E-state index is -0.823. The summed E-state index contributed by atoms with van der Waals surface area (Å²) in [6, 6.07) is 5.42. The van der Waals surface area contributed by atoms with Crippen LogP contribution >= 0.6 is 11.6 Å². The van der Waals surface area contributed by atoms with Crippen LogP contribution < -0.4 is 0 Å². The van der Waals surface area contributed by atoms with E-state index in [2.05, 4.69) is 0 Å². The molecule has 0 radical (unpaired) electrons. The molecule has 1 heterocycles. The van der Waals surface area contributed by atoms with Crippen molar-refractivity contribution >= 4 is 28.5 Å². The summed E-state index contributed by atoms with van der Waals surface area (Å²) >= 11 is 6.21. The van der Waals surface area contributed by atoms with Gasteiger partial charge in [-0.2, -0.15) is 0 Å². The Hall–Kier alpha value is -1.48. The van der Waals surface area contributed by atoms with Crippen LogP contribution in [0.1, 0.15) is 24.8 Å². The molecular weight excluding hydrogens is 228 g/mol. The van der Waals surface area contributed by atoms with Crippen LogP contribution in [0.5, 0.6) is 0 Å². The van der Waals surface area contributed by atoms with Crippen LogP contribution in [0.15, 0.2) is 28.9 Å². The highest BCUT2D eigenvalue weighted by atomic mass is 35.5. The Bertz CT molecular complexity index is 530. The quantitative estimate of drug-likeness (QED) is 0.888. The summed E-state index contributed by atoms with van der Waals surface area (Å²) < 4.78 is 5.21. The zero-order valence-corrected chi connectivity index (χ0v) is 9.49. The van der Waals surface area contributed by atoms with E-state index in [1.165, 1.54) is 0 Å². The van der Waals surface area contributed by atoms with E-state index in [4.69, 9.17) is 21.1 Å². The number of fused-ring (bicyclic) bond motifs is 1. The molecule has 0 saturated heterocycles. The molecular formula is C12H11ClO3. The summed E-state index contributed by atoms with van der Waals surface area (Å²) in [7, 11) is 0. The van der Waals surface area contributed by atoms with Gasteiger partial charge >= 0.3 is 5.97 Å². The second kappa shape index (κ2) is 4.18. The summed E-state index contributed by atoms with van der Waals surface area (Å²) in [5.74, 6) is -0.930. The fraction of sp³-hybridized carbons (Fsp3) is 0.250. The van der Waals surface area contributed by atoms with Gasteiger partial charge in [0.15, 0.2) is 0 Å². The number of aliphatic carboxylic acids is 1. The minimum Gasteiger partial charge on any atom is -0.481 e. The number of carboxylic acids is 1. The van der Waals surface area contributed by atoms with E-state index in [9.17, 15) is 4.79 Å². The van der Waals surface area contributed by atoms with Gasteiger partial charge in [-0.25, -0.2) is 0 Å². The Labute approximate surface area is 97.6 Å². The summed E-state index contributed by atoms with van der Waals surface area (Å²) in [5.41, 5.74) is 1.56. The molecule has 0 saturated carbocycles. The largest absolute Gasteiger partial charge is 0.481 e. The highest BCUT2D eigenvalue weighted by Gasteiger charge is 2.15. The van der Waals surface area contributed by atoms with Crippen molar-refractivity contribution in [3.05, 3.63) is 35.0 Å². The number of carbonyl (C=O) groups is 1. The van der Waals surface area contributed by atoms with Gasteiger partial charge in [0.05, 0.1) is 17.7 Å². The van der Waals surface area contributed by atoms with E-state index in [1.54, 1.807) is 12.3 Å². The van der Waals surface area contributed by atoms with Crippen LogP contribution in [-0.4, -0.2) is 11.1 Å². The van der Waals surface area contributed by atoms with Gasteiger partial charge in [-0.05, 0) is 23.6 Å². The lowest BCUT2D eigenvalue weighted by atomic mass is 9.97. The van der Waals surface area contributed by atoms with Gasteiger partial charge in [0.2, 0.25) is 0 Å². The molecule has 1 atom stereocenters. The highest BCUT2D eigenvalue weighted by molar-refractivity contribution is 6.36.